The van der Waals surface area contributed by atoms with E-state index >= 15 is 0 Å². The van der Waals surface area contributed by atoms with Crippen molar-refractivity contribution in [3.05, 3.63) is 45.5 Å². The highest BCUT2D eigenvalue weighted by Gasteiger charge is 2.27. The van der Waals surface area contributed by atoms with Gasteiger partial charge in [0.2, 0.25) is 6.54 Å². The molecule has 1 aromatic rings. The monoisotopic (exact) mass is 292 g/mol. The summed E-state index contributed by atoms with van der Waals surface area (Å²) in [6.07, 6.45) is 1.66. The van der Waals surface area contributed by atoms with Crippen LogP contribution in [0.4, 0.5) is 0 Å². The molecule has 0 amide bonds. The average Bonchev–Trinajstić information content (AvgIpc) is 2.43. The van der Waals surface area contributed by atoms with Crippen LogP contribution >= 0.6 is 0 Å². The Morgan fingerprint density at radius 1 is 1.38 bits per heavy atom. The van der Waals surface area contributed by atoms with Crippen LogP contribution in [0.15, 0.2) is 24.3 Å². The van der Waals surface area contributed by atoms with Gasteiger partial charge in [-0.2, -0.15) is 0 Å². The lowest BCUT2D eigenvalue weighted by molar-refractivity contribution is -0.480. The summed E-state index contributed by atoms with van der Waals surface area (Å²) in [4.78, 5) is 23.4. The molecule has 1 aliphatic heterocycles. The van der Waals surface area contributed by atoms with Crippen molar-refractivity contribution in [2.45, 2.75) is 39.0 Å². The molecule has 114 valence electrons. The molecule has 1 heterocycles. The molecule has 0 fully saturated rings. The fourth-order valence-electron chi connectivity index (χ4n) is 2.64. The van der Waals surface area contributed by atoms with Crippen LogP contribution in [0, 0.1) is 10.1 Å². The second-order valence-electron chi connectivity index (χ2n) is 5.27. The van der Waals surface area contributed by atoms with Crippen LogP contribution in [0.25, 0.3) is 0 Å². The van der Waals surface area contributed by atoms with Crippen LogP contribution in [0.5, 0.6) is 0 Å². The lowest BCUT2D eigenvalue weighted by Crippen LogP contribution is -2.43. The number of nitro groups is 1. The van der Waals surface area contributed by atoms with Crippen molar-refractivity contribution in [2.75, 3.05) is 13.1 Å². The van der Waals surface area contributed by atoms with Gasteiger partial charge in [-0.25, -0.2) is 0 Å². The van der Waals surface area contributed by atoms with Gasteiger partial charge in [0, 0.05) is 37.8 Å². The minimum atomic E-state index is -0.297. The van der Waals surface area contributed by atoms with Gasteiger partial charge in [-0.1, -0.05) is 24.3 Å². The van der Waals surface area contributed by atoms with Gasteiger partial charge in [-0.05, 0) is 17.5 Å². The zero-order valence-corrected chi connectivity index (χ0v) is 12.2. The highest BCUT2D eigenvalue weighted by Crippen LogP contribution is 2.24. The number of esters is 1. The van der Waals surface area contributed by atoms with Crippen LogP contribution in [0.2, 0.25) is 0 Å². The van der Waals surface area contributed by atoms with E-state index in [4.69, 9.17) is 4.74 Å². The van der Waals surface area contributed by atoms with Crippen molar-refractivity contribution in [1.82, 2.24) is 4.90 Å². The lowest BCUT2D eigenvalue weighted by Gasteiger charge is -2.35. The number of nitrogens with zero attached hydrogens (tertiary/aromatic N) is 2. The first-order chi connectivity index (χ1) is 10.1. The first-order valence-electron chi connectivity index (χ1n) is 7.16. The number of hydrogen-bond donors (Lipinski definition) is 0. The van der Waals surface area contributed by atoms with E-state index in [0.717, 1.165) is 6.42 Å². The van der Waals surface area contributed by atoms with Crippen molar-refractivity contribution in [3.8, 4) is 0 Å². The van der Waals surface area contributed by atoms with Crippen LogP contribution in [0.3, 0.4) is 0 Å². The number of benzene rings is 1. The van der Waals surface area contributed by atoms with E-state index in [1.165, 1.54) is 18.1 Å². The highest BCUT2D eigenvalue weighted by atomic mass is 16.6. The minimum absolute atomic E-state index is 0.0113. The Hall–Kier alpha value is -1.95. The second-order valence-corrected chi connectivity index (χ2v) is 5.27. The molecule has 0 saturated carbocycles. The van der Waals surface area contributed by atoms with E-state index in [9.17, 15) is 14.9 Å². The first-order valence-corrected chi connectivity index (χ1v) is 7.16. The molecule has 21 heavy (non-hydrogen) atoms. The summed E-state index contributed by atoms with van der Waals surface area (Å²) in [5.74, 6) is -0.297. The highest BCUT2D eigenvalue weighted by molar-refractivity contribution is 5.66. The van der Waals surface area contributed by atoms with Gasteiger partial charge in [-0.15, -0.1) is 0 Å². The third-order valence-corrected chi connectivity index (χ3v) is 3.63. The third kappa shape index (κ3) is 4.53. The molecule has 0 N–H and O–H groups in total. The molecule has 1 atom stereocenters. The van der Waals surface area contributed by atoms with Gasteiger partial charge in [0.1, 0.15) is 0 Å². The van der Waals surface area contributed by atoms with Gasteiger partial charge in [-0.3, -0.25) is 19.8 Å². The number of carbonyl (C=O) groups is 1. The van der Waals surface area contributed by atoms with Crippen LogP contribution in [-0.4, -0.2) is 35.1 Å². The molecule has 6 nitrogen and oxygen atoms in total. The fourth-order valence-corrected chi connectivity index (χ4v) is 2.64. The van der Waals surface area contributed by atoms with Crippen molar-refractivity contribution in [3.63, 3.8) is 0 Å². The maximum atomic E-state index is 11.3. The summed E-state index contributed by atoms with van der Waals surface area (Å²) >= 11 is 0. The largest absolute Gasteiger partial charge is 0.446 e. The second kappa shape index (κ2) is 7.17. The molecule has 1 unspecified atom stereocenters. The number of carbonyl (C=O) groups excluding carboxylic acids is 1. The topological polar surface area (TPSA) is 72.7 Å². The summed E-state index contributed by atoms with van der Waals surface area (Å²) in [7, 11) is 0. The summed E-state index contributed by atoms with van der Waals surface area (Å²) in [6, 6.07) is 8.10. The molecule has 2 rings (SSSR count). The Morgan fingerprint density at radius 2 is 2.10 bits per heavy atom. The zero-order chi connectivity index (χ0) is 15.2. The molecule has 0 radical (unpaired) electrons. The Morgan fingerprint density at radius 3 is 2.76 bits per heavy atom. The van der Waals surface area contributed by atoms with Crippen molar-refractivity contribution >= 4 is 5.97 Å². The zero-order valence-electron chi connectivity index (χ0n) is 12.2. The normalized spacial score (nSPS) is 18.0. The maximum absolute atomic E-state index is 11.3. The van der Waals surface area contributed by atoms with Gasteiger partial charge < -0.3 is 4.74 Å². The van der Waals surface area contributed by atoms with E-state index in [-0.39, 0.29) is 23.7 Å². The SMILES string of the molecule is CC(=O)OC1Cc2ccccc2CN1CCCC[N+](=O)[O-]. The summed E-state index contributed by atoms with van der Waals surface area (Å²) < 4.78 is 5.39. The lowest BCUT2D eigenvalue weighted by atomic mass is 9.98. The number of fused-ring (bicyclic) bond motifs is 1. The van der Waals surface area contributed by atoms with Crippen molar-refractivity contribution in [2.24, 2.45) is 0 Å². The van der Waals surface area contributed by atoms with E-state index in [2.05, 4.69) is 17.0 Å². The van der Waals surface area contributed by atoms with Crippen molar-refractivity contribution in [1.29, 1.82) is 0 Å². The average molecular weight is 292 g/mol. The molecule has 1 aromatic carbocycles. The van der Waals surface area contributed by atoms with E-state index < -0.39 is 0 Å². The summed E-state index contributed by atoms with van der Waals surface area (Å²) in [6.45, 7) is 2.81. The number of hydrogen-bond acceptors (Lipinski definition) is 5. The minimum Gasteiger partial charge on any atom is -0.446 e. The molecule has 1 aliphatic rings. The fraction of sp³-hybridized carbons (Fsp3) is 0.533. The molecule has 6 heteroatoms. The molecule has 0 bridgehead atoms. The smallest absolute Gasteiger partial charge is 0.304 e. The molecule has 0 aliphatic carbocycles. The quantitative estimate of drug-likeness (QED) is 0.347. The predicted molar refractivity (Wildman–Crippen MR) is 77.2 cm³/mol. The van der Waals surface area contributed by atoms with E-state index in [1.54, 1.807) is 0 Å². The Kier molecular flexibility index (Phi) is 5.27. The Bertz CT molecular complexity index is 518. The van der Waals surface area contributed by atoms with Gasteiger partial charge in [0.05, 0.1) is 0 Å². The van der Waals surface area contributed by atoms with Gasteiger partial charge >= 0.3 is 5.97 Å². The third-order valence-electron chi connectivity index (χ3n) is 3.63. The van der Waals surface area contributed by atoms with Crippen LogP contribution < -0.4 is 0 Å². The molecule has 0 aromatic heterocycles. The standard InChI is InChI=1S/C15H20N2O4/c1-12(18)21-15-10-13-6-2-3-7-14(13)11-16(15)8-4-5-9-17(19)20/h2-3,6-7,15H,4-5,8-11H2,1H3. The molecular weight excluding hydrogens is 272 g/mol. The first kappa shape index (κ1) is 15.4. The van der Waals surface area contributed by atoms with Crippen LogP contribution in [-0.2, 0) is 22.5 Å². The molecular formula is C15H20N2O4. The molecule has 0 saturated heterocycles. The van der Waals surface area contributed by atoms with Crippen LogP contribution in [0.1, 0.15) is 30.9 Å². The summed E-state index contributed by atoms with van der Waals surface area (Å²) in [5, 5.41) is 10.3. The predicted octanol–water partition coefficient (Wildman–Crippen LogP) is 1.99. The van der Waals surface area contributed by atoms with Crippen molar-refractivity contribution < 1.29 is 14.5 Å². The summed E-state index contributed by atoms with van der Waals surface area (Å²) in [5.41, 5.74) is 2.43. The Balaban J connectivity index is 1.98. The van der Waals surface area contributed by atoms with E-state index in [1.807, 2.05) is 12.1 Å². The molecule has 0 spiro atoms. The van der Waals surface area contributed by atoms with Gasteiger partial charge in [0.15, 0.2) is 6.23 Å². The Labute approximate surface area is 123 Å². The number of unbranched alkanes of at least 4 members (excludes halogenated alkanes) is 1. The van der Waals surface area contributed by atoms with Gasteiger partial charge in [0.25, 0.3) is 0 Å². The maximum Gasteiger partial charge on any atom is 0.304 e. The number of rotatable bonds is 6. The number of ether oxygens (including phenoxy) is 1. The van der Waals surface area contributed by atoms with E-state index in [0.29, 0.717) is 25.9 Å².